The molecule has 1 aromatic rings. The van der Waals surface area contributed by atoms with Gasteiger partial charge in [-0.15, -0.1) is 0 Å². The summed E-state index contributed by atoms with van der Waals surface area (Å²) in [6, 6.07) is -0.277. The number of rotatable bonds is 3. The first-order valence-corrected chi connectivity index (χ1v) is 6.03. The molecule has 0 bridgehead atoms. The fraction of sp³-hybridized carbons (Fsp3) is 0.545. The molecule has 5 N–H and O–H groups in total. The second-order valence-corrected chi connectivity index (χ2v) is 4.54. The SMILES string of the molecule is COC(=O)[C@@H](N)[C@H]1O[C@@H](n2ccc(=O)[nH]c2=O)C(O)C1O. The highest BCUT2D eigenvalue weighted by Gasteiger charge is 2.48. The summed E-state index contributed by atoms with van der Waals surface area (Å²) in [5.74, 6) is -0.833. The summed E-state index contributed by atoms with van der Waals surface area (Å²) in [6.45, 7) is 0. The molecule has 1 fully saturated rings. The lowest BCUT2D eigenvalue weighted by Gasteiger charge is -2.19. The maximum atomic E-state index is 11.7. The molecule has 21 heavy (non-hydrogen) atoms. The molecule has 1 aliphatic heterocycles. The Kier molecular flexibility index (Phi) is 4.23. The van der Waals surface area contributed by atoms with Crippen molar-refractivity contribution in [3.05, 3.63) is 33.1 Å². The molecule has 1 aromatic heterocycles. The highest BCUT2D eigenvalue weighted by molar-refractivity contribution is 5.76. The summed E-state index contributed by atoms with van der Waals surface area (Å²) in [5.41, 5.74) is 4.13. The van der Waals surface area contributed by atoms with E-state index in [9.17, 15) is 24.6 Å². The zero-order chi connectivity index (χ0) is 15.7. The van der Waals surface area contributed by atoms with Crippen molar-refractivity contribution >= 4 is 5.97 Å². The third-order valence-corrected chi connectivity index (χ3v) is 3.23. The fourth-order valence-corrected chi connectivity index (χ4v) is 2.11. The van der Waals surface area contributed by atoms with E-state index in [0.29, 0.717) is 0 Å². The van der Waals surface area contributed by atoms with Gasteiger partial charge in [0.1, 0.15) is 24.4 Å². The Morgan fingerprint density at radius 1 is 1.48 bits per heavy atom. The van der Waals surface area contributed by atoms with Crippen LogP contribution in [0.15, 0.2) is 21.9 Å². The van der Waals surface area contributed by atoms with E-state index >= 15 is 0 Å². The zero-order valence-electron chi connectivity index (χ0n) is 11.0. The number of aromatic amines is 1. The minimum atomic E-state index is -1.51. The molecular formula is C11H15N3O7. The van der Waals surface area contributed by atoms with Crippen molar-refractivity contribution in [2.45, 2.75) is 30.6 Å². The van der Waals surface area contributed by atoms with Crippen LogP contribution in [0.4, 0.5) is 0 Å². The van der Waals surface area contributed by atoms with Crippen molar-refractivity contribution in [2.24, 2.45) is 5.73 Å². The molecule has 0 aliphatic carbocycles. The van der Waals surface area contributed by atoms with E-state index in [4.69, 9.17) is 10.5 Å². The van der Waals surface area contributed by atoms with Gasteiger partial charge < -0.3 is 25.4 Å². The molecule has 5 atom stereocenters. The number of carbonyl (C=O) groups excluding carboxylic acids is 1. The van der Waals surface area contributed by atoms with Gasteiger partial charge in [0.15, 0.2) is 6.23 Å². The van der Waals surface area contributed by atoms with Crippen LogP contribution in [-0.4, -0.2) is 57.2 Å². The van der Waals surface area contributed by atoms with Gasteiger partial charge in [0.2, 0.25) is 0 Å². The maximum absolute atomic E-state index is 11.7. The van der Waals surface area contributed by atoms with Crippen LogP contribution in [0.3, 0.4) is 0 Å². The van der Waals surface area contributed by atoms with Gasteiger partial charge in [-0.2, -0.15) is 0 Å². The molecule has 10 nitrogen and oxygen atoms in total. The summed E-state index contributed by atoms with van der Waals surface area (Å²) in [5, 5.41) is 19.8. The second-order valence-electron chi connectivity index (χ2n) is 4.54. The molecule has 0 amide bonds. The average Bonchev–Trinajstić information content (AvgIpc) is 2.74. The Labute approximate surface area is 117 Å². The fourth-order valence-electron chi connectivity index (χ4n) is 2.11. The zero-order valence-corrected chi connectivity index (χ0v) is 11.0. The highest BCUT2D eigenvalue weighted by Crippen LogP contribution is 2.29. The number of aliphatic hydroxyl groups is 2. The Balaban J connectivity index is 2.29. The van der Waals surface area contributed by atoms with E-state index in [1.165, 1.54) is 0 Å². The van der Waals surface area contributed by atoms with E-state index in [1.807, 2.05) is 4.98 Å². The molecule has 116 valence electrons. The van der Waals surface area contributed by atoms with Gasteiger partial charge in [-0.25, -0.2) is 4.79 Å². The number of hydrogen-bond acceptors (Lipinski definition) is 8. The minimum absolute atomic E-state index is 0.618. The number of H-pyrrole nitrogens is 1. The summed E-state index contributed by atoms with van der Waals surface area (Å²) in [7, 11) is 1.11. The molecule has 1 aliphatic rings. The van der Waals surface area contributed by atoms with Crippen molar-refractivity contribution in [2.75, 3.05) is 7.11 Å². The number of methoxy groups -OCH3 is 1. The molecule has 2 rings (SSSR count). The van der Waals surface area contributed by atoms with Crippen LogP contribution in [0.2, 0.25) is 0 Å². The molecule has 0 radical (unpaired) electrons. The molecule has 0 aromatic carbocycles. The Morgan fingerprint density at radius 3 is 2.71 bits per heavy atom. The van der Waals surface area contributed by atoms with E-state index in [2.05, 4.69) is 4.74 Å². The lowest BCUT2D eigenvalue weighted by Crippen LogP contribution is -2.48. The predicted molar refractivity (Wildman–Crippen MR) is 67.2 cm³/mol. The first-order chi connectivity index (χ1) is 9.86. The smallest absolute Gasteiger partial charge is 0.330 e. The quantitative estimate of drug-likeness (QED) is 0.422. The lowest BCUT2D eigenvalue weighted by atomic mass is 10.0. The van der Waals surface area contributed by atoms with Crippen LogP contribution >= 0.6 is 0 Å². The van der Waals surface area contributed by atoms with Gasteiger partial charge in [-0.3, -0.25) is 19.1 Å². The van der Waals surface area contributed by atoms with E-state index in [0.717, 1.165) is 23.9 Å². The number of nitrogens with zero attached hydrogens (tertiary/aromatic N) is 1. The number of carbonyl (C=O) groups is 1. The maximum Gasteiger partial charge on any atom is 0.330 e. The van der Waals surface area contributed by atoms with Gasteiger partial charge in [-0.05, 0) is 0 Å². The minimum Gasteiger partial charge on any atom is -0.468 e. The molecule has 0 saturated carbocycles. The summed E-state index contributed by atoms with van der Waals surface area (Å²) >= 11 is 0. The van der Waals surface area contributed by atoms with Crippen LogP contribution in [-0.2, 0) is 14.3 Å². The lowest BCUT2D eigenvalue weighted by molar-refractivity contribution is -0.148. The average molecular weight is 301 g/mol. The number of nitrogens with two attached hydrogens (primary N) is 1. The Bertz CT molecular complexity index is 639. The van der Waals surface area contributed by atoms with Crippen LogP contribution in [0.25, 0.3) is 0 Å². The van der Waals surface area contributed by atoms with Crippen molar-refractivity contribution in [3.63, 3.8) is 0 Å². The third-order valence-electron chi connectivity index (χ3n) is 3.23. The summed E-state index contributed by atoms with van der Waals surface area (Å²) < 4.78 is 10.6. The number of aromatic nitrogens is 2. The highest BCUT2D eigenvalue weighted by atomic mass is 16.6. The van der Waals surface area contributed by atoms with Crippen LogP contribution < -0.4 is 17.0 Å². The van der Waals surface area contributed by atoms with E-state index in [1.54, 1.807) is 0 Å². The number of nitrogens with one attached hydrogen (secondary N) is 1. The molecule has 0 spiro atoms. The molecule has 10 heteroatoms. The largest absolute Gasteiger partial charge is 0.468 e. The molecule has 2 unspecified atom stereocenters. The second kappa shape index (κ2) is 5.77. The van der Waals surface area contributed by atoms with Crippen molar-refractivity contribution in [1.29, 1.82) is 0 Å². The topological polar surface area (TPSA) is 157 Å². The Morgan fingerprint density at radius 2 is 2.14 bits per heavy atom. The first-order valence-electron chi connectivity index (χ1n) is 6.03. The van der Waals surface area contributed by atoms with E-state index in [-0.39, 0.29) is 0 Å². The van der Waals surface area contributed by atoms with Gasteiger partial charge >= 0.3 is 11.7 Å². The number of hydrogen-bond donors (Lipinski definition) is 4. The number of aliphatic hydroxyl groups excluding tert-OH is 2. The van der Waals surface area contributed by atoms with E-state index < -0.39 is 47.8 Å². The monoisotopic (exact) mass is 301 g/mol. The third kappa shape index (κ3) is 2.74. The van der Waals surface area contributed by atoms with Crippen molar-refractivity contribution in [1.82, 2.24) is 9.55 Å². The molecule has 1 saturated heterocycles. The van der Waals surface area contributed by atoms with Gasteiger partial charge in [0.05, 0.1) is 7.11 Å². The van der Waals surface area contributed by atoms with Crippen LogP contribution in [0.1, 0.15) is 6.23 Å². The van der Waals surface area contributed by atoms with Crippen LogP contribution in [0, 0.1) is 0 Å². The van der Waals surface area contributed by atoms with Crippen molar-refractivity contribution < 1.29 is 24.5 Å². The predicted octanol–water partition coefficient (Wildman–Crippen LogP) is -3.34. The van der Waals surface area contributed by atoms with Gasteiger partial charge in [-0.1, -0.05) is 0 Å². The normalized spacial score (nSPS) is 30.1. The molecular weight excluding hydrogens is 286 g/mol. The first kappa shape index (κ1) is 15.4. The van der Waals surface area contributed by atoms with Gasteiger partial charge in [0, 0.05) is 12.3 Å². The van der Waals surface area contributed by atoms with Crippen LogP contribution in [0.5, 0.6) is 0 Å². The number of ether oxygens (including phenoxy) is 2. The van der Waals surface area contributed by atoms with Crippen molar-refractivity contribution in [3.8, 4) is 0 Å². The standard InChI is InChI=1S/C11H15N3O7/c1-20-10(18)5(12)8-6(16)7(17)9(21-8)14-3-2-4(15)13-11(14)19/h2-3,5-9,16-17H,12H2,1H3,(H,13,15,19)/t5-,6?,7?,8+,9+/m0/s1. The number of esters is 1. The van der Waals surface area contributed by atoms with Gasteiger partial charge in [0.25, 0.3) is 5.56 Å². The summed E-state index contributed by atoms with van der Waals surface area (Å²) in [6.07, 6.45) is -4.44. The Hall–Kier alpha value is -2.01. The summed E-state index contributed by atoms with van der Waals surface area (Å²) in [4.78, 5) is 36.0. The molecule has 2 heterocycles.